The number of halogens is 5. The van der Waals surface area contributed by atoms with Gasteiger partial charge in [-0.2, -0.15) is 13.2 Å². The van der Waals surface area contributed by atoms with E-state index in [1.165, 1.54) is 24.3 Å². The van der Waals surface area contributed by atoms with Crippen molar-refractivity contribution in [2.75, 3.05) is 11.1 Å². The molecule has 2 aromatic carbocycles. The second kappa shape index (κ2) is 7.90. The highest BCUT2D eigenvalue weighted by Crippen LogP contribution is 2.30. The fourth-order valence-corrected chi connectivity index (χ4v) is 2.84. The topological polar surface area (TPSA) is 29.1 Å². The van der Waals surface area contributed by atoms with E-state index in [2.05, 4.69) is 5.32 Å². The molecule has 8 heteroatoms. The molecule has 0 fully saturated rings. The fraction of sp³-hybridized carbons (Fsp3) is 0.188. The van der Waals surface area contributed by atoms with E-state index in [0.717, 1.165) is 23.9 Å². The molecule has 0 bridgehead atoms. The average molecular weight is 378 g/mol. The molecule has 2 nitrogen and oxygen atoms in total. The van der Waals surface area contributed by atoms with Gasteiger partial charge < -0.3 is 5.32 Å². The third-order valence-electron chi connectivity index (χ3n) is 2.98. The summed E-state index contributed by atoms with van der Waals surface area (Å²) in [6.07, 6.45) is -4.47. The van der Waals surface area contributed by atoms with Crippen molar-refractivity contribution in [1.29, 1.82) is 0 Å². The lowest BCUT2D eigenvalue weighted by Crippen LogP contribution is -2.15. The van der Waals surface area contributed by atoms with Crippen LogP contribution in [0.3, 0.4) is 0 Å². The van der Waals surface area contributed by atoms with Crippen LogP contribution < -0.4 is 5.32 Å². The number of thioether (sulfide) groups is 1. The van der Waals surface area contributed by atoms with Crippen molar-refractivity contribution in [1.82, 2.24) is 0 Å². The van der Waals surface area contributed by atoms with Crippen LogP contribution in [-0.2, 0) is 16.7 Å². The molecule has 0 unspecified atom stereocenters. The van der Waals surface area contributed by atoms with Gasteiger partial charge in [0.05, 0.1) is 11.3 Å². The molecule has 24 heavy (non-hydrogen) atoms. The summed E-state index contributed by atoms with van der Waals surface area (Å²) in [5.74, 6) is -0.695. The SMILES string of the molecule is O=C(CSCc1ccc(Cl)cc1F)Nc1cccc(C(F)(F)F)c1. The summed E-state index contributed by atoms with van der Waals surface area (Å²) in [6.45, 7) is 0. The van der Waals surface area contributed by atoms with Crippen LogP contribution >= 0.6 is 23.4 Å². The summed E-state index contributed by atoms with van der Waals surface area (Å²) in [5, 5.41) is 2.67. The van der Waals surface area contributed by atoms with Crippen molar-refractivity contribution in [3.63, 3.8) is 0 Å². The van der Waals surface area contributed by atoms with Gasteiger partial charge in [0.2, 0.25) is 5.91 Å². The minimum absolute atomic E-state index is 0.0156. The summed E-state index contributed by atoms with van der Waals surface area (Å²) >= 11 is 6.79. The number of rotatable bonds is 5. The van der Waals surface area contributed by atoms with Crippen molar-refractivity contribution in [2.45, 2.75) is 11.9 Å². The molecule has 1 N–H and O–H groups in total. The quantitative estimate of drug-likeness (QED) is 0.710. The van der Waals surface area contributed by atoms with Gasteiger partial charge in [-0.15, -0.1) is 11.8 Å². The van der Waals surface area contributed by atoms with Crippen LogP contribution in [0.5, 0.6) is 0 Å². The Bertz CT molecular complexity index is 736. The number of alkyl halides is 3. The molecule has 0 saturated heterocycles. The maximum absolute atomic E-state index is 13.6. The standard InChI is InChI=1S/C16H12ClF4NOS/c17-12-5-4-10(14(18)7-12)8-24-9-15(23)22-13-3-1-2-11(6-13)16(19,20)21/h1-7H,8-9H2,(H,22,23). The zero-order chi connectivity index (χ0) is 17.7. The van der Waals surface area contributed by atoms with Crippen LogP contribution in [0.4, 0.5) is 23.2 Å². The number of benzene rings is 2. The Morgan fingerprint density at radius 1 is 1.17 bits per heavy atom. The minimum Gasteiger partial charge on any atom is -0.325 e. The first-order valence-corrected chi connectivity index (χ1v) is 8.28. The van der Waals surface area contributed by atoms with Crippen LogP contribution in [0.15, 0.2) is 42.5 Å². The summed E-state index contributed by atoms with van der Waals surface area (Å²) in [5.41, 5.74) is -0.374. The first kappa shape index (κ1) is 18.6. The van der Waals surface area contributed by atoms with E-state index in [4.69, 9.17) is 11.6 Å². The fourth-order valence-electron chi connectivity index (χ4n) is 1.86. The van der Waals surface area contributed by atoms with Crippen molar-refractivity contribution < 1.29 is 22.4 Å². The first-order chi connectivity index (χ1) is 11.3. The molecule has 0 aliphatic carbocycles. The lowest BCUT2D eigenvalue weighted by molar-refractivity contribution is -0.137. The Kier molecular flexibility index (Phi) is 6.12. The van der Waals surface area contributed by atoms with E-state index < -0.39 is 23.5 Å². The maximum atomic E-state index is 13.6. The molecule has 1 amide bonds. The monoisotopic (exact) mass is 377 g/mol. The van der Waals surface area contributed by atoms with Gasteiger partial charge in [-0.3, -0.25) is 4.79 Å². The van der Waals surface area contributed by atoms with E-state index in [1.54, 1.807) is 6.07 Å². The molecule has 0 spiro atoms. The number of nitrogens with one attached hydrogen (secondary N) is 1. The third kappa shape index (κ3) is 5.42. The van der Waals surface area contributed by atoms with E-state index in [9.17, 15) is 22.4 Å². The Labute approximate surface area is 145 Å². The number of anilines is 1. The zero-order valence-corrected chi connectivity index (χ0v) is 13.7. The van der Waals surface area contributed by atoms with Crippen LogP contribution in [0.1, 0.15) is 11.1 Å². The predicted molar refractivity (Wildman–Crippen MR) is 87.6 cm³/mol. The van der Waals surface area contributed by atoms with Gasteiger partial charge in [-0.25, -0.2) is 4.39 Å². The highest BCUT2D eigenvalue weighted by molar-refractivity contribution is 7.99. The number of amides is 1. The van der Waals surface area contributed by atoms with Crippen molar-refractivity contribution in [2.24, 2.45) is 0 Å². The normalized spacial score (nSPS) is 11.4. The molecular formula is C16H12ClF4NOS. The molecule has 0 aliphatic heterocycles. The van der Waals surface area contributed by atoms with Crippen LogP contribution in [0.25, 0.3) is 0 Å². The molecular weight excluding hydrogens is 366 g/mol. The molecule has 128 valence electrons. The van der Waals surface area contributed by atoms with Crippen LogP contribution in [0.2, 0.25) is 5.02 Å². The third-order valence-corrected chi connectivity index (χ3v) is 4.20. The molecule has 0 aliphatic rings. The zero-order valence-electron chi connectivity index (χ0n) is 12.2. The Balaban J connectivity index is 1.87. The highest BCUT2D eigenvalue weighted by atomic mass is 35.5. The lowest BCUT2D eigenvalue weighted by atomic mass is 10.2. The van der Waals surface area contributed by atoms with Gasteiger partial charge in [0.1, 0.15) is 5.82 Å². The summed E-state index contributed by atoms with van der Waals surface area (Å²) < 4.78 is 51.4. The average Bonchev–Trinajstić information content (AvgIpc) is 2.49. The highest BCUT2D eigenvalue weighted by Gasteiger charge is 2.30. The number of hydrogen-bond acceptors (Lipinski definition) is 2. The Morgan fingerprint density at radius 3 is 2.58 bits per heavy atom. The Morgan fingerprint density at radius 2 is 1.92 bits per heavy atom. The molecule has 0 heterocycles. The van der Waals surface area contributed by atoms with Crippen LogP contribution in [-0.4, -0.2) is 11.7 Å². The van der Waals surface area contributed by atoms with Gasteiger partial charge in [0.15, 0.2) is 0 Å². The predicted octanol–water partition coefficient (Wildman–Crippen LogP) is 5.37. The molecule has 0 saturated carbocycles. The molecule has 0 radical (unpaired) electrons. The van der Waals surface area contributed by atoms with Gasteiger partial charge in [-0.05, 0) is 35.9 Å². The van der Waals surface area contributed by atoms with Crippen molar-refractivity contribution in [3.8, 4) is 0 Å². The number of hydrogen-bond donors (Lipinski definition) is 1. The molecule has 0 aromatic heterocycles. The van der Waals surface area contributed by atoms with Gasteiger partial charge >= 0.3 is 6.18 Å². The minimum atomic E-state index is -4.47. The lowest BCUT2D eigenvalue weighted by Gasteiger charge is -2.10. The number of carbonyl (C=O) groups is 1. The van der Waals surface area contributed by atoms with Gasteiger partial charge in [-0.1, -0.05) is 23.7 Å². The van der Waals surface area contributed by atoms with Crippen molar-refractivity contribution >= 4 is 35.0 Å². The number of carbonyl (C=O) groups excluding carboxylic acids is 1. The largest absolute Gasteiger partial charge is 0.416 e. The maximum Gasteiger partial charge on any atom is 0.416 e. The molecule has 2 rings (SSSR count). The second-order valence-corrected chi connectivity index (χ2v) is 6.28. The van der Waals surface area contributed by atoms with Gasteiger partial charge in [0, 0.05) is 16.5 Å². The van der Waals surface area contributed by atoms with E-state index >= 15 is 0 Å². The second-order valence-electron chi connectivity index (χ2n) is 4.86. The summed E-state index contributed by atoms with van der Waals surface area (Å²) in [7, 11) is 0. The smallest absolute Gasteiger partial charge is 0.325 e. The van der Waals surface area contributed by atoms with E-state index in [1.807, 2.05) is 0 Å². The summed E-state index contributed by atoms with van der Waals surface area (Å²) in [6, 6.07) is 8.62. The van der Waals surface area contributed by atoms with Gasteiger partial charge in [0.25, 0.3) is 0 Å². The van der Waals surface area contributed by atoms with Crippen LogP contribution in [0, 0.1) is 5.82 Å². The van der Waals surface area contributed by atoms with Crippen molar-refractivity contribution in [3.05, 3.63) is 64.4 Å². The summed E-state index contributed by atoms with van der Waals surface area (Å²) in [4.78, 5) is 11.8. The first-order valence-electron chi connectivity index (χ1n) is 6.74. The van der Waals surface area contributed by atoms with E-state index in [0.29, 0.717) is 5.56 Å². The Hall–Kier alpha value is -1.73. The molecule has 0 atom stereocenters. The molecule has 2 aromatic rings. The van der Waals surface area contributed by atoms with E-state index in [-0.39, 0.29) is 22.2 Å².